The number of nitrogens with zero attached hydrogens (tertiary/aromatic N) is 1. The van der Waals surface area contributed by atoms with E-state index < -0.39 is 42.0 Å². The van der Waals surface area contributed by atoms with Crippen LogP contribution in [0.25, 0.3) is 0 Å². The van der Waals surface area contributed by atoms with Crippen LogP contribution in [0.3, 0.4) is 0 Å². The molecule has 0 aromatic rings. The molecule has 0 aromatic carbocycles. The number of piperidine rings is 1. The minimum absolute atomic E-state index is 0.0435. The summed E-state index contributed by atoms with van der Waals surface area (Å²) in [7, 11) is 0. The zero-order chi connectivity index (χ0) is 14.9. The fourth-order valence-electron chi connectivity index (χ4n) is 2.34. The number of likely N-dealkylation sites (tertiary alicyclic amines) is 1. The standard InChI is InChI=1S/C11H15N3O6/c15-5-3-7(10(18)19)14(4-5)11(20)12-6-1-2-8(16)13-9(6)17/h5-7,15H,1-4H2,(H,12,20)(H,18,19)(H,13,16,17)/t5-,6?,7-/m1/s1. The van der Waals surface area contributed by atoms with Gasteiger partial charge in [-0.25, -0.2) is 9.59 Å². The molecule has 2 saturated heterocycles. The van der Waals surface area contributed by atoms with Gasteiger partial charge in [0.05, 0.1) is 6.10 Å². The van der Waals surface area contributed by atoms with Gasteiger partial charge >= 0.3 is 12.0 Å². The second-order valence-electron chi connectivity index (χ2n) is 4.85. The fourth-order valence-corrected chi connectivity index (χ4v) is 2.34. The van der Waals surface area contributed by atoms with Crippen molar-refractivity contribution in [3.8, 4) is 0 Å². The number of nitrogens with one attached hydrogen (secondary N) is 2. The third kappa shape index (κ3) is 2.87. The highest BCUT2D eigenvalue weighted by Gasteiger charge is 2.40. The van der Waals surface area contributed by atoms with Gasteiger partial charge in [-0.1, -0.05) is 0 Å². The Hall–Kier alpha value is -2.16. The summed E-state index contributed by atoms with van der Waals surface area (Å²) in [6.07, 6.45) is -0.659. The zero-order valence-corrected chi connectivity index (χ0v) is 10.5. The molecule has 2 rings (SSSR count). The number of carboxylic acids is 1. The summed E-state index contributed by atoms with van der Waals surface area (Å²) < 4.78 is 0. The fraction of sp³-hybridized carbons (Fsp3) is 0.636. The number of carboxylic acid groups (broad SMARTS) is 1. The summed E-state index contributed by atoms with van der Waals surface area (Å²) in [4.78, 5) is 46.4. The molecule has 2 aliphatic rings. The molecule has 4 amide bonds. The number of hydrogen-bond donors (Lipinski definition) is 4. The Morgan fingerprint density at radius 3 is 2.65 bits per heavy atom. The summed E-state index contributed by atoms with van der Waals surface area (Å²) in [5.74, 6) is -2.22. The van der Waals surface area contributed by atoms with E-state index in [0.717, 1.165) is 4.90 Å². The van der Waals surface area contributed by atoms with E-state index >= 15 is 0 Å². The lowest BCUT2D eigenvalue weighted by Crippen LogP contribution is -2.56. The molecule has 4 N–H and O–H groups in total. The van der Waals surface area contributed by atoms with E-state index in [4.69, 9.17) is 5.11 Å². The Balaban J connectivity index is 1.99. The number of carbonyl (C=O) groups excluding carboxylic acids is 3. The van der Waals surface area contributed by atoms with E-state index in [0.29, 0.717) is 0 Å². The quantitative estimate of drug-likeness (QED) is 0.434. The predicted octanol–water partition coefficient (Wildman–Crippen LogP) is -1.98. The molecular weight excluding hydrogens is 270 g/mol. The molecule has 2 fully saturated rings. The van der Waals surface area contributed by atoms with E-state index in [-0.39, 0.29) is 25.8 Å². The summed E-state index contributed by atoms with van der Waals surface area (Å²) in [5.41, 5.74) is 0. The lowest BCUT2D eigenvalue weighted by molar-refractivity contribution is -0.141. The first-order chi connectivity index (χ1) is 9.38. The lowest BCUT2D eigenvalue weighted by Gasteiger charge is -2.26. The average Bonchev–Trinajstić information content (AvgIpc) is 2.75. The van der Waals surface area contributed by atoms with Gasteiger partial charge in [0, 0.05) is 19.4 Å². The number of amides is 4. The molecule has 0 saturated carbocycles. The van der Waals surface area contributed by atoms with Gasteiger partial charge in [-0.2, -0.15) is 0 Å². The van der Waals surface area contributed by atoms with Crippen molar-refractivity contribution in [1.29, 1.82) is 0 Å². The van der Waals surface area contributed by atoms with Gasteiger partial charge in [-0.3, -0.25) is 14.9 Å². The first-order valence-corrected chi connectivity index (χ1v) is 6.20. The molecule has 0 aromatic heterocycles. The van der Waals surface area contributed by atoms with Crippen LogP contribution >= 0.6 is 0 Å². The molecule has 0 bridgehead atoms. The van der Waals surface area contributed by atoms with Crippen molar-refractivity contribution in [2.24, 2.45) is 0 Å². The maximum atomic E-state index is 12.0. The van der Waals surface area contributed by atoms with Crippen molar-refractivity contribution >= 4 is 23.8 Å². The van der Waals surface area contributed by atoms with Crippen molar-refractivity contribution in [2.45, 2.75) is 37.5 Å². The van der Waals surface area contributed by atoms with Crippen molar-refractivity contribution in [1.82, 2.24) is 15.5 Å². The van der Waals surface area contributed by atoms with Gasteiger partial charge in [0.15, 0.2) is 0 Å². The average molecular weight is 285 g/mol. The van der Waals surface area contributed by atoms with Crippen LogP contribution in [0.4, 0.5) is 4.79 Å². The highest BCUT2D eigenvalue weighted by Crippen LogP contribution is 2.18. The molecule has 9 nitrogen and oxygen atoms in total. The number of β-amino-alcohol motifs (C(OH)–C–C–N with tert-alkyl or cyclic N) is 1. The zero-order valence-electron chi connectivity index (χ0n) is 10.5. The van der Waals surface area contributed by atoms with Gasteiger partial charge in [0.2, 0.25) is 11.8 Å². The predicted molar refractivity (Wildman–Crippen MR) is 63.5 cm³/mol. The van der Waals surface area contributed by atoms with Crippen LogP contribution in [-0.4, -0.2) is 63.7 Å². The molecule has 110 valence electrons. The molecule has 0 aliphatic carbocycles. The van der Waals surface area contributed by atoms with E-state index in [1.165, 1.54) is 0 Å². The normalized spacial score (nSPS) is 30.1. The van der Waals surface area contributed by atoms with Crippen LogP contribution in [0.5, 0.6) is 0 Å². The van der Waals surface area contributed by atoms with E-state index in [9.17, 15) is 24.3 Å². The number of hydrogen-bond acceptors (Lipinski definition) is 5. The monoisotopic (exact) mass is 285 g/mol. The Labute approximate surface area is 113 Å². The number of aliphatic hydroxyl groups is 1. The SMILES string of the molecule is O=C1CCC(NC(=O)N2C[C@H](O)C[C@@H]2C(=O)O)C(=O)N1. The van der Waals surface area contributed by atoms with Crippen molar-refractivity contribution in [3.05, 3.63) is 0 Å². The molecule has 9 heteroatoms. The van der Waals surface area contributed by atoms with Crippen LogP contribution < -0.4 is 10.6 Å². The van der Waals surface area contributed by atoms with Crippen LogP contribution in [0.1, 0.15) is 19.3 Å². The first kappa shape index (κ1) is 14.3. The molecular formula is C11H15N3O6. The van der Waals surface area contributed by atoms with Crippen LogP contribution in [0.15, 0.2) is 0 Å². The van der Waals surface area contributed by atoms with Crippen molar-refractivity contribution in [2.75, 3.05) is 6.54 Å². The maximum absolute atomic E-state index is 12.0. The smallest absolute Gasteiger partial charge is 0.326 e. The second-order valence-corrected chi connectivity index (χ2v) is 4.85. The third-order valence-electron chi connectivity index (χ3n) is 3.36. The van der Waals surface area contributed by atoms with Crippen molar-refractivity contribution in [3.63, 3.8) is 0 Å². The summed E-state index contributed by atoms with van der Waals surface area (Å²) in [5, 5.41) is 22.9. The number of carbonyl (C=O) groups is 4. The molecule has 2 heterocycles. The van der Waals surface area contributed by atoms with Crippen LogP contribution in [0, 0.1) is 0 Å². The minimum atomic E-state index is -1.21. The van der Waals surface area contributed by atoms with Gasteiger partial charge in [-0.15, -0.1) is 0 Å². The van der Waals surface area contributed by atoms with E-state index in [2.05, 4.69) is 10.6 Å². The molecule has 0 spiro atoms. The number of urea groups is 1. The summed E-state index contributed by atoms with van der Waals surface area (Å²) in [6, 6.07) is -2.71. The Morgan fingerprint density at radius 2 is 2.05 bits per heavy atom. The molecule has 2 aliphatic heterocycles. The van der Waals surface area contributed by atoms with Crippen LogP contribution in [-0.2, 0) is 14.4 Å². The largest absolute Gasteiger partial charge is 0.480 e. The van der Waals surface area contributed by atoms with Crippen LogP contribution in [0.2, 0.25) is 0 Å². The highest BCUT2D eigenvalue weighted by atomic mass is 16.4. The van der Waals surface area contributed by atoms with E-state index in [1.807, 2.05) is 0 Å². The topological polar surface area (TPSA) is 136 Å². The molecule has 3 atom stereocenters. The van der Waals surface area contributed by atoms with Gasteiger partial charge in [0.1, 0.15) is 12.1 Å². The summed E-state index contributed by atoms with van der Waals surface area (Å²) >= 11 is 0. The number of imide groups is 1. The third-order valence-corrected chi connectivity index (χ3v) is 3.36. The molecule has 0 radical (unpaired) electrons. The van der Waals surface area contributed by atoms with Crippen molar-refractivity contribution < 1.29 is 29.4 Å². The molecule has 1 unspecified atom stereocenters. The molecule has 20 heavy (non-hydrogen) atoms. The number of rotatable bonds is 2. The van der Waals surface area contributed by atoms with Gasteiger partial charge in [-0.05, 0) is 6.42 Å². The van der Waals surface area contributed by atoms with E-state index in [1.54, 1.807) is 0 Å². The first-order valence-electron chi connectivity index (χ1n) is 6.20. The summed E-state index contributed by atoms with van der Waals surface area (Å²) in [6.45, 7) is -0.101. The lowest BCUT2D eigenvalue weighted by atomic mass is 10.1. The number of aliphatic hydroxyl groups excluding tert-OH is 1. The van der Waals surface area contributed by atoms with Gasteiger partial charge < -0.3 is 20.4 Å². The van der Waals surface area contributed by atoms with Gasteiger partial charge in [0.25, 0.3) is 0 Å². The Bertz CT molecular complexity index is 465. The maximum Gasteiger partial charge on any atom is 0.326 e. The number of aliphatic carboxylic acids is 1. The highest BCUT2D eigenvalue weighted by molar-refractivity contribution is 6.01. The Morgan fingerprint density at radius 1 is 1.35 bits per heavy atom. The minimum Gasteiger partial charge on any atom is -0.480 e. The Kier molecular flexibility index (Phi) is 3.89. The second kappa shape index (κ2) is 5.45.